The Labute approximate surface area is 208 Å². The van der Waals surface area contributed by atoms with Crippen LogP contribution in [-0.2, 0) is 14.4 Å². The molecule has 0 unspecified atom stereocenters. The summed E-state index contributed by atoms with van der Waals surface area (Å²) in [4.78, 5) is 42.7. The van der Waals surface area contributed by atoms with Gasteiger partial charge in [0.1, 0.15) is 12.1 Å². The molecule has 2 aromatic rings. The van der Waals surface area contributed by atoms with Crippen LogP contribution in [0.4, 0.5) is 0 Å². The minimum Gasteiger partial charge on any atom is -0.347 e. The summed E-state index contributed by atoms with van der Waals surface area (Å²) in [6, 6.07) is 7.45. The van der Waals surface area contributed by atoms with Gasteiger partial charge in [-0.3, -0.25) is 24.4 Å². The molecular formula is C24H33BrN6O3. The molecule has 3 rings (SSSR count). The van der Waals surface area contributed by atoms with Crippen LogP contribution >= 0.6 is 15.9 Å². The standard InChI is InChI=1S/C24H33BrN6O3/c1-13(2)21(26)23(33)28-15(4)24(34)31-11-5-6-19(30-31)22(32)27-14(3)18-10-8-16-7-9-17(25)12-20(16)29-18/h7-10,12-15,19,21,30H,5-6,11,26H2,1-4H3,(H,27,32)(H,28,33)/t14-,15+,19+,21+/m1/s1. The molecule has 3 amide bonds. The lowest BCUT2D eigenvalue weighted by molar-refractivity contribution is -0.143. The molecule has 1 aliphatic heterocycles. The zero-order chi connectivity index (χ0) is 25.0. The molecule has 5 N–H and O–H groups in total. The Bertz CT molecular complexity index is 1060. The number of nitrogens with two attached hydrogens (primary N) is 1. The highest BCUT2D eigenvalue weighted by Gasteiger charge is 2.32. The van der Waals surface area contributed by atoms with Crippen LogP contribution in [0.3, 0.4) is 0 Å². The first-order valence-electron chi connectivity index (χ1n) is 11.6. The summed E-state index contributed by atoms with van der Waals surface area (Å²) in [5, 5.41) is 8.09. The average Bonchev–Trinajstić information content (AvgIpc) is 2.82. The monoisotopic (exact) mass is 532 g/mol. The Kier molecular flexibility index (Phi) is 8.62. The molecule has 0 bridgehead atoms. The molecule has 1 aromatic heterocycles. The lowest BCUT2D eigenvalue weighted by Gasteiger charge is -2.35. The van der Waals surface area contributed by atoms with Gasteiger partial charge >= 0.3 is 0 Å². The van der Waals surface area contributed by atoms with E-state index in [0.717, 1.165) is 21.1 Å². The van der Waals surface area contributed by atoms with Crippen LogP contribution in [0.25, 0.3) is 10.9 Å². The van der Waals surface area contributed by atoms with Gasteiger partial charge in [-0.1, -0.05) is 41.9 Å². The number of nitrogens with one attached hydrogen (secondary N) is 3. The molecule has 0 radical (unpaired) electrons. The lowest BCUT2D eigenvalue weighted by atomic mass is 10.0. The van der Waals surface area contributed by atoms with Crippen LogP contribution < -0.4 is 21.8 Å². The Hall–Kier alpha value is -2.56. The van der Waals surface area contributed by atoms with E-state index in [1.54, 1.807) is 6.92 Å². The number of rotatable bonds is 7. The number of amides is 3. The zero-order valence-electron chi connectivity index (χ0n) is 20.0. The van der Waals surface area contributed by atoms with Crippen molar-refractivity contribution in [1.29, 1.82) is 0 Å². The van der Waals surface area contributed by atoms with E-state index in [-0.39, 0.29) is 29.7 Å². The first kappa shape index (κ1) is 26.1. The number of aromatic nitrogens is 1. The topological polar surface area (TPSA) is 129 Å². The number of benzene rings is 1. The second-order valence-electron chi connectivity index (χ2n) is 9.12. The second-order valence-corrected chi connectivity index (χ2v) is 10.0. The van der Waals surface area contributed by atoms with Gasteiger partial charge in [-0.25, -0.2) is 5.43 Å². The Morgan fingerprint density at radius 2 is 1.85 bits per heavy atom. The summed E-state index contributed by atoms with van der Waals surface area (Å²) in [7, 11) is 0. The van der Waals surface area contributed by atoms with Gasteiger partial charge in [0, 0.05) is 16.4 Å². The molecule has 10 heteroatoms. The second kappa shape index (κ2) is 11.2. The highest BCUT2D eigenvalue weighted by Crippen LogP contribution is 2.21. The van der Waals surface area contributed by atoms with Gasteiger partial charge in [-0.05, 0) is 50.8 Å². The minimum absolute atomic E-state index is 0.0379. The third kappa shape index (κ3) is 6.31. The fourth-order valence-corrected chi connectivity index (χ4v) is 4.13. The van der Waals surface area contributed by atoms with Crippen molar-refractivity contribution in [2.75, 3.05) is 6.54 Å². The van der Waals surface area contributed by atoms with Crippen LogP contribution in [0, 0.1) is 5.92 Å². The quantitative estimate of drug-likeness (QED) is 0.432. The number of halogens is 1. The maximum Gasteiger partial charge on any atom is 0.258 e. The maximum absolute atomic E-state index is 12.9. The largest absolute Gasteiger partial charge is 0.347 e. The number of pyridine rings is 1. The number of hydrogen-bond acceptors (Lipinski definition) is 6. The van der Waals surface area contributed by atoms with Gasteiger partial charge in [0.15, 0.2) is 0 Å². The molecule has 34 heavy (non-hydrogen) atoms. The van der Waals surface area contributed by atoms with Crippen molar-refractivity contribution in [2.24, 2.45) is 11.7 Å². The fourth-order valence-electron chi connectivity index (χ4n) is 3.78. The van der Waals surface area contributed by atoms with Crippen LogP contribution in [-0.4, -0.2) is 52.4 Å². The van der Waals surface area contributed by atoms with Gasteiger partial charge < -0.3 is 16.4 Å². The summed E-state index contributed by atoms with van der Waals surface area (Å²) in [6.45, 7) is 7.64. The Balaban J connectivity index is 1.59. The highest BCUT2D eigenvalue weighted by atomic mass is 79.9. The molecule has 0 saturated carbocycles. The van der Waals surface area contributed by atoms with E-state index >= 15 is 0 Å². The zero-order valence-corrected chi connectivity index (χ0v) is 21.6. The normalized spacial score (nSPS) is 18.9. The van der Waals surface area contributed by atoms with Crippen molar-refractivity contribution in [3.8, 4) is 0 Å². The molecule has 9 nitrogen and oxygen atoms in total. The first-order valence-corrected chi connectivity index (χ1v) is 12.4. The maximum atomic E-state index is 12.9. The third-order valence-electron chi connectivity index (χ3n) is 6.00. The molecule has 1 aliphatic rings. The van der Waals surface area contributed by atoms with E-state index in [2.05, 4.69) is 37.0 Å². The number of fused-ring (bicyclic) bond motifs is 1. The van der Waals surface area contributed by atoms with Crippen molar-refractivity contribution in [1.82, 2.24) is 26.1 Å². The molecule has 2 heterocycles. The Morgan fingerprint density at radius 3 is 2.56 bits per heavy atom. The molecule has 4 atom stereocenters. The summed E-state index contributed by atoms with van der Waals surface area (Å²) in [6.07, 6.45) is 1.26. The number of nitrogens with zero attached hydrogens (tertiary/aromatic N) is 2. The van der Waals surface area contributed by atoms with Crippen LogP contribution in [0.15, 0.2) is 34.8 Å². The minimum atomic E-state index is -0.758. The van der Waals surface area contributed by atoms with E-state index in [9.17, 15) is 14.4 Å². The van der Waals surface area contributed by atoms with E-state index in [1.807, 2.05) is 51.1 Å². The smallest absolute Gasteiger partial charge is 0.258 e. The van der Waals surface area contributed by atoms with Gasteiger partial charge in [-0.2, -0.15) is 0 Å². The van der Waals surface area contributed by atoms with E-state index in [0.29, 0.717) is 19.4 Å². The fraction of sp³-hybridized carbons (Fsp3) is 0.500. The van der Waals surface area contributed by atoms with E-state index < -0.39 is 18.1 Å². The molecular weight excluding hydrogens is 500 g/mol. The van der Waals surface area contributed by atoms with Gasteiger partial charge in [0.05, 0.1) is 23.3 Å². The summed E-state index contributed by atoms with van der Waals surface area (Å²) in [5.74, 6) is -0.925. The predicted molar refractivity (Wildman–Crippen MR) is 134 cm³/mol. The lowest BCUT2D eigenvalue weighted by Crippen LogP contribution is -2.61. The Morgan fingerprint density at radius 1 is 1.15 bits per heavy atom. The first-order chi connectivity index (χ1) is 16.1. The predicted octanol–water partition coefficient (Wildman–Crippen LogP) is 2.16. The molecule has 1 aromatic carbocycles. The number of hydrogen-bond donors (Lipinski definition) is 4. The molecule has 1 fully saturated rings. The summed E-state index contributed by atoms with van der Waals surface area (Å²) in [5.41, 5.74) is 10.5. The van der Waals surface area contributed by atoms with Crippen LogP contribution in [0.1, 0.15) is 52.3 Å². The summed E-state index contributed by atoms with van der Waals surface area (Å²) < 4.78 is 0.939. The van der Waals surface area contributed by atoms with Crippen molar-refractivity contribution < 1.29 is 14.4 Å². The molecule has 1 saturated heterocycles. The third-order valence-corrected chi connectivity index (χ3v) is 6.49. The number of carbonyl (C=O) groups is 3. The van der Waals surface area contributed by atoms with Crippen molar-refractivity contribution >= 4 is 44.6 Å². The molecule has 0 aliphatic carbocycles. The highest BCUT2D eigenvalue weighted by molar-refractivity contribution is 9.10. The molecule has 0 spiro atoms. The van der Waals surface area contributed by atoms with Gasteiger partial charge in [0.2, 0.25) is 11.8 Å². The van der Waals surface area contributed by atoms with Crippen LogP contribution in [0.2, 0.25) is 0 Å². The SMILES string of the molecule is CC(C)[C@H](N)C(=O)N[C@@H](C)C(=O)N1CCC[C@@H](C(=O)N[C@H](C)c2ccc3ccc(Br)cc3n2)N1. The van der Waals surface area contributed by atoms with E-state index in [1.165, 1.54) is 5.01 Å². The number of hydrazine groups is 1. The summed E-state index contributed by atoms with van der Waals surface area (Å²) >= 11 is 3.46. The molecule has 184 valence electrons. The average molecular weight is 533 g/mol. The van der Waals surface area contributed by atoms with E-state index in [4.69, 9.17) is 5.73 Å². The van der Waals surface area contributed by atoms with Crippen molar-refractivity contribution in [3.05, 3.63) is 40.5 Å². The van der Waals surface area contributed by atoms with Crippen LogP contribution in [0.5, 0.6) is 0 Å². The van der Waals surface area contributed by atoms with Gasteiger partial charge in [0.25, 0.3) is 5.91 Å². The van der Waals surface area contributed by atoms with Crippen molar-refractivity contribution in [2.45, 2.75) is 64.7 Å². The number of carbonyl (C=O) groups excluding carboxylic acids is 3. The van der Waals surface area contributed by atoms with Gasteiger partial charge in [-0.15, -0.1) is 0 Å². The van der Waals surface area contributed by atoms with Crippen molar-refractivity contribution in [3.63, 3.8) is 0 Å².